The molecule has 3 aromatic rings. The maximum absolute atomic E-state index is 16.1. The lowest BCUT2D eigenvalue weighted by Crippen LogP contribution is -2.43. The Morgan fingerprint density at radius 3 is 2.44 bits per heavy atom. The van der Waals surface area contributed by atoms with E-state index in [9.17, 15) is 27.9 Å². The van der Waals surface area contributed by atoms with Gasteiger partial charge in [-0.3, -0.25) is 9.59 Å². The number of anilines is 1. The summed E-state index contributed by atoms with van der Waals surface area (Å²) in [6.45, 7) is -2.12. The van der Waals surface area contributed by atoms with Gasteiger partial charge in [-0.1, -0.05) is 0 Å². The number of pyridine rings is 1. The van der Waals surface area contributed by atoms with Crippen molar-refractivity contribution in [1.29, 1.82) is 0 Å². The van der Waals surface area contributed by atoms with E-state index in [-0.39, 0.29) is 57.8 Å². The molecule has 0 unspecified atom stereocenters. The van der Waals surface area contributed by atoms with E-state index in [1.807, 2.05) is 0 Å². The highest BCUT2D eigenvalue weighted by Crippen LogP contribution is 2.52. The van der Waals surface area contributed by atoms with Crippen molar-refractivity contribution in [1.82, 2.24) is 10.3 Å². The molecule has 0 aliphatic heterocycles. The number of ether oxygens (including phenoxy) is 1. The standard InChI is InChI=1S/C31H30F5N5O4/c1-14-7-18(21(33)11-20(14)32)26-24(34)19(30(5-6-30)28(38)43)10-23(41-26)31(44,17-3-4-17)13-40-27(42)15-8-16(12-39-29(35)36)25(37)22(9-15)45-2/h7-12,17,29,44H,3-6,13,37H2,1-2H3,(H2,38,43)(H,40,42)/b39-12+/t31-/m1/s1. The summed E-state index contributed by atoms with van der Waals surface area (Å²) in [4.78, 5) is 33.0. The number of aryl methyl sites for hydroxylation is 1. The number of hydrogen-bond acceptors (Lipinski definition) is 7. The molecule has 9 nitrogen and oxygen atoms in total. The monoisotopic (exact) mass is 631 g/mol. The summed E-state index contributed by atoms with van der Waals surface area (Å²) in [5.41, 5.74) is 6.88. The van der Waals surface area contributed by atoms with Crippen molar-refractivity contribution in [3.8, 4) is 17.0 Å². The topological polar surface area (TPSA) is 153 Å². The van der Waals surface area contributed by atoms with Gasteiger partial charge in [0.15, 0.2) is 5.82 Å². The average Bonchev–Trinajstić information content (AvgIpc) is 3.91. The van der Waals surface area contributed by atoms with E-state index < -0.39 is 65.0 Å². The molecular weight excluding hydrogens is 601 g/mol. The Kier molecular flexibility index (Phi) is 8.29. The largest absolute Gasteiger partial charge is 0.495 e. The molecule has 2 aliphatic rings. The molecule has 0 bridgehead atoms. The smallest absolute Gasteiger partial charge is 0.331 e. The van der Waals surface area contributed by atoms with Gasteiger partial charge in [0.25, 0.3) is 5.91 Å². The number of aliphatic hydroxyl groups is 1. The predicted molar refractivity (Wildman–Crippen MR) is 154 cm³/mol. The molecule has 2 amide bonds. The Balaban J connectivity index is 1.57. The summed E-state index contributed by atoms with van der Waals surface area (Å²) in [6.07, 6.45) is 2.23. The number of aliphatic imine (C=N–C) groups is 1. The van der Waals surface area contributed by atoms with Crippen LogP contribution in [0, 0.1) is 30.3 Å². The van der Waals surface area contributed by atoms with Gasteiger partial charge in [0.2, 0.25) is 5.91 Å². The Bertz CT molecular complexity index is 1730. The van der Waals surface area contributed by atoms with E-state index in [2.05, 4.69) is 15.3 Å². The van der Waals surface area contributed by atoms with Crippen molar-refractivity contribution < 1.29 is 41.4 Å². The Hall–Kier alpha value is -4.59. The predicted octanol–water partition coefficient (Wildman–Crippen LogP) is 4.25. The third-order valence-corrected chi connectivity index (χ3v) is 8.40. The molecule has 1 aromatic heterocycles. The van der Waals surface area contributed by atoms with Crippen molar-refractivity contribution in [3.05, 3.63) is 75.7 Å². The molecular formula is C31H30F5N5O4. The molecule has 1 heterocycles. The van der Waals surface area contributed by atoms with Crippen molar-refractivity contribution in [2.45, 2.75) is 50.2 Å². The third kappa shape index (κ3) is 5.93. The lowest BCUT2D eigenvalue weighted by molar-refractivity contribution is -0.120. The quantitative estimate of drug-likeness (QED) is 0.107. The number of nitrogens with two attached hydrogens (primary N) is 2. The minimum absolute atomic E-state index is 0.00968. The number of rotatable bonds is 11. The summed E-state index contributed by atoms with van der Waals surface area (Å²) in [5, 5.41) is 14.6. The van der Waals surface area contributed by atoms with Gasteiger partial charge in [0.05, 0.1) is 30.5 Å². The van der Waals surface area contributed by atoms with E-state index in [1.54, 1.807) is 0 Å². The van der Waals surface area contributed by atoms with Gasteiger partial charge in [-0.05, 0) is 68.4 Å². The van der Waals surface area contributed by atoms with Crippen LogP contribution in [0.5, 0.6) is 5.75 Å². The average molecular weight is 632 g/mol. The lowest BCUT2D eigenvalue weighted by Gasteiger charge is -2.30. The number of carbonyl (C=O) groups excluding carboxylic acids is 2. The summed E-state index contributed by atoms with van der Waals surface area (Å²) in [6, 6.07) is 5.37. The van der Waals surface area contributed by atoms with Crippen LogP contribution in [-0.2, 0) is 15.8 Å². The van der Waals surface area contributed by atoms with Crippen LogP contribution in [0.3, 0.4) is 0 Å². The molecule has 6 N–H and O–H groups in total. The van der Waals surface area contributed by atoms with Crippen LogP contribution < -0.4 is 21.5 Å². The molecule has 238 valence electrons. The number of alkyl halides is 2. The number of primary amides is 1. The van der Waals surface area contributed by atoms with Crippen LogP contribution in [0.1, 0.15) is 58.4 Å². The maximum atomic E-state index is 16.1. The van der Waals surface area contributed by atoms with E-state index in [0.717, 1.165) is 12.3 Å². The molecule has 0 saturated heterocycles. The van der Waals surface area contributed by atoms with Crippen molar-refractivity contribution >= 4 is 23.7 Å². The molecule has 0 radical (unpaired) electrons. The van der Waals surface area contributed by atoms with Crippen molar-refractivity contribution in [2.24, 2.45) is 16.6 Å². The number of halogens is 5. The second-order valence-corrected chi connectivity index (χ2v) is 11.4. The van der Waals surface area contributed by atoms with Crippen LogP contribution in [0.15, 0.2) is 35.3 Å². The van der Waals surface area contributed by atoms with E-state index >= 15 is 8.78 Å². The normalized spacial score (nSPS) is 16.9. The molecule has 1 atom stereocenters. The Labute approximate surface area is 254 Å². The lowest BCUT2D eigenvalue weighted by atomic mass is 9.86. The second-order valence-electron chi connectivity index (χ2n) is 11.4. The molecule has 2 aromatic carbocycles. The highest BCUT2D eigenvalue weighted by molar-refractivity contribution is 5.99. The van der Waals surface area contributed by atoms with Crippen molar-refractivity contribution in [2.75, 3.05) is 19.4 Å². The van der Waals surface area contributed by atoms with Crippen LogP contribution in [0.4, 0.5) is 27.6 Å². The zero-order chi connectivity index (χ0) is 32.8. The number of aromatic nitrogens is 1. The molecule has 5 rings (SSSR count). The molecule has 2 aliphatic carbocycles. The van der Waals surface area contributed by atoms with E-state index in [1.165, 1.54) is 32.2 Å². The molecule has 2 saturated carbocycles. The number of methoxy groups -OCH3 is 1. The zero-order valence-corrected chi connectivity index (χ0v) is 24.3. The highest BCUT2D eigenvalue weighted by atomic mass is 19.3. The summed E-state index contributed by atoms with van der Waals surface area (Å²) < 4.78 is 75.7. The van der Waals surface area contributed by atoms with Crippen LogP contribution in [-0.4, -0.2) is 48.3 Å². The number of amides is 2. The fourth-order valence-electron chi connectivity index (χ4n) is 5.40. The van der Waals surface area contributed by atoms with Crippen LogP contribution >= 0.6 is 0 Å². The SMILES string of the molecule is COc1cc(C(=O)NC[C@](O)(c2cc(C3(C(N)=O)CC3)c(F)c(-c3cc(C)c(F)cc3F)n2)C2CC2)cc(/C=N/C(F)F)c1N. The van der Waals surface area contributed by atoms with Gasteiger partial charge in [0.1, 0.15) is 28.7 Å². The molecule has 45 heavy (non-hydrogen) atoms. The highest BCUT2D eigenvalue weighted by Gasteiger charge is 2.54. The number of nitrogens with one attached hydrogen (secondary N) is 1. The molecule has 14 heteroatoms. The summed E-state index contributed by atoms with van der Waals surface area (Å²) in [5.74, 6) is -5.01. The Morgan fingerprint density at radius 1 is 1.18 bits per heavy atom. The van der Waals surface area contributed by atoms with Crippen LogP contribution in [0.2, 0.25) is 0 Å². The number of nitrogen functional groups attached to an aromatic ring is 1. The first-order chi connectivity index (χ1) is 21.2. The first-order valence-corrected chi connectivity index (χ1v) is 14.0. The van der Waals surface area contributed by atoms with Gasteiger partial charge in [-0.25, -0.2) is 23.1 Å². The first-order valence-electron chi connectivity index (χ1n) is 14.0. The minimum Gasteiger partial charge on any atom is -0.495 e. The number of nitrogens with zero attached hydrogens (tertiary/aromatic N) is 2. The van der Waals surface area contributed by atoms with E-state index in [0.29, 0.717) is 18.9 Å². The van der Waals surface area contributed by atoms with E-state index in [4.69, 9.17) is 16.2 Å². The molecule has 0 spiro atoms. The maximum Gasteiger partial charge on any atom is 0.331 e. The van der Waals surface area contributed by atoms with Gasteiger partial charge < -0.3 is 26.6 Å². The number of hydrogen-bond donors (Lipinski definition) is 4. The first kappa shape index (κ1) is 31.8. The number of benzene rings is 2. The summed E-state index contributed by atoms with van der Waals surface area (Å²) in [7, 11) is 1.27. The minimum atomic E-state index is -3.02. The van der Waals surface area contributed by atoms with Gasteiger partial charge in [-0.2, -0.15) is 8.78 Å². The zero-order valence-electron chi connectivity index (χ0n) is 24.3. The van der Waals surface area contributed by atoms with Crippen molar-refractivity contribution in [3.63, 3.8) is 0 Å². The third-order valence-electron chi connectivity index (χ3n) is 8.40. The van der Waals surface area contributed by atoms with Gasteiger partial charge in [-0.15, -0.1) is 0 Å². The number of carbonyl (C=O) groups is 2. The van der Waals surface area contributed by atoms with Gasteiger partial charge in [0, 0.05) is 34.5 Å². The molecule has 2 fully saturated rings. The fourth-order valence-corrected chi connectivity index (χ4v) is 5.40. The fraction of sp³-hybridized carbons (Fsp3) is 0.355. The van der Waals surface area contributed by atoms with Crippen LogP contribution in [0.25, 0.3) is 11.3 Å². The van der Waals surface area contributed by atoms with Gasteiger partial charge >= 0.3 is 6.55 Å². The summed E-state index contributed by atoms with van der Waals surface area (Å²) >= 11 is 0. The Morgan fingerprint density at radius 2 is 1.87 bits per heavy atom. The second kappa shape index (κ2) is 11.7.